The van der Waals surface area contributed by atoms with Gasteiger partial charge in [-0.3, -0.25) is 9.48 Å². The predicted octanol–water partition coefficient (Wildman–Crippen LogP) is 2.47. The average molecular weight is 250 g/mol. The van der Waals surface area contributed by atoms with Crippen molar-refractivity contribution in [1.29, 1.82) is 0 Å². The SMILES string of the molecule is Cc1c(-c2cccs2)nn(C)c1CCC(=O)O. The number of aromatic nitrogens is 2. The standard InChI is InChI=1S/C12H14N2O2S/c1-8-9(5-6-11(15)16)14(2)13-12(8)10-4-3-7-17-10/h3-4,7H,5-6H2,1-2H3,(H,15,16). The van der Waals surface area contributed by atoms with Gasteiger partial charge in [0.15, 0.2) is 0 Å². The molecule has 5 heteroatoms. The van der Waals surface area contributed by atoms with Crippen LogP contribution in [-0.4, -0.2) is 20.9 Å². The number of aliphatic carboxylic acids is 1. The number of hydrogen-bond acceptors (Lipinski definition) is 3. The summed E-state index contributed by atoms with van der Waals surface area (Å²) in [7, 11) is 1.86. The Labute approximate surface area is 104 Å². The van der Waals surface area contributed by atoms with Crippen LogP contribution in [0.1, 0.15) is 17.7 Å². The highest BCUT2D eigenvalue weighted by atomic mass is 32.1. The Kier molecular flexibility index (Phi) is 3.28. The summed E-state index contributed by atoms with van der Waals surface area (Å²) < 4.78 is 1.79. The van der Waals surface area contributed by atoms with E-state index in [2.05, 4.69) is 5.10 Å². The minimum atomic E-state index is -0.775. The minimum Gasteiger partial charge on any atom is -0.481 e. The molecule has 17 heavy (non-hydrogen) atoms. The first-order valence-corrected chi connectivity index (χ1v) is 6.25. The zero-order valence-electron chi connectivity index (χ0n) is 9.80. The zero-order chi connectivity index (χ0) is 12.4. The summed E-state index contributed by atoms with van der Waals surface area (Å²) in [4.78, 5) is 11.7. The van der Waals surface area contributed by atoms with Crippen LogP contribution in [0.4, 0.5) is 0 Å². The molecule has 2 heterocycles. The lowest BCUT2D eigenvalue weighted by Crippen LogP contribution is -2.03. The fourth-order valence-electron chi connectivity index (χ4n) is 1.89. The maximum Gasteiger partial charge on any atom is 0.303 e. The van der Waals surface area contributed by atoms with E-state index in [1.807, 2.05) is 31.5 Å². The molecule has 0 aliphatic heterocycles. The number of nitrogens with zero attached hydrogens (tertiary/aromatic N) is 2. The van der Waals surface area contributed by atoms with E-state index in [-0.39, 0.29) is 6.42 Å². The van der Waals surface area contributed by atoms with Crippen LogP contribution in [0.5, 0.6) is 0 Å². The fraction of sp³-hybridized carbons (Fsp3) is 0.333. The Morgan fingerprint density at radius 3 is 2.94 bits per heavy atom. The molecule has 0 atom stereocenters. The van der Waals surface area contributed by atoms with Gasteiger partial charge in [-0.2, -0.15) is 5.10 Å². The van der Waals surface area contributed by atoms with Gasteiger partial charge < -0.3 is 5.11 Å². The van der Waals surface area contributed by atoms with Crippen LogP contribution in [0.25, 0.3) is 10.6 Å². The van der Waals surface area contributed by atoms with Gasteiger partial charge in [0.1, 0.15) is 5.69 Å². The van der Waals surface area contributed by atoms with Crippen molar-refractivity contribution in [2.24, 2.45) is 7.05 Å². The quantitative estimate of drug-likeness (QED) is 0.907. The Bertz CT molecular complexity index is 529. The first kappa shape index (κ1) is 11.9. The second-order valence-corrected chi connectivity index (χ2v) is 4.86. The van der Waals surface area contributed by atoms with Crippen molar-refractivity contribution in [2.75, 3.05) is 0 Å². The third-order valence-electron chi connectivity index (χ3n) is 2.76. The Hall–Kier alpha value is -1.62. The summed E-state index contributed by atoms with van der Waals surface area (Å²) in [5.41, 5.74) is 3.04. The molecule has 90 valence electrons. The number of carboxylic acid groups (broad SMARTS) is 1. The number of aryl methyl sites for hydroxylation is 1. The molecular weight excluding hydrogens is 236 g/mol. The number of rotatable bonds is 4. The summed E-state index contributed by atoms with van der Waals surface area (Å²) >= 11 is 1.64. The maximum absolute atomic E-state index is 10.6. The van der Waals surface area contributed by atoms with E-state index in [1.54, 1.807) is 16.0 Å². The third-order valence-corrected chi connectivity index (χ3v) is 3.64. The average Bonchev–Trinajstić information content (AvgIpc) is 2.85. The number of carbonyl (C=O) groups is 1. The second-order valence-electron chi connectivity index (χ2n) is 3.91. The van der Waals surface area contributed by atoms with Crippen LogP contribution in [0.2, 0.25) is 0 Å². The highest BCUT2D eigenvalue weighted by Crippen LogP contribution is 2.28. The highest BCUT2D eigenvalue weighted by molar-refractivity contribution is 7.13. The molecule has 0 fully saturated rings. The summed E-state index contributed by atoms with van der Waals surface area (Å²) in [5, 5.41) is 15.2. The fourth-order valence-corrected chi connectivity index (χ4v) is 2.65. The van der Waals surface area contributed by atoms with Gasteiger partial charge >= 0.3 is 5.97 Å². The van der Waals surface area contributed by atoms with Crippen LogP contribution >= 0.6 is 11.3 Å². The first-order chi connectivity index (χ1) is 8.09. The highest BCUT2D eigenvalue weighted by Gasteiger charge is 2.15. The van der Waals surface area contributed by atoms with Gasteiger partial charge in [-0.1, -0.05) is 6.07 Å². The Morgan fingerprint density at radius 2 is 2.35 bits per heavy atom. The van der Waals surface area contributed by atoms with Gasteiger partial charge in [0.2, 0.25) is 0 Å². The molecule has 4 nitrogen and oxygen atoms in total. The third kappa shape index (κ3) is 2.39. The van der Waals surface area contributed by atoms with E-state index in [1.165, 1.54) is 0 Å². The van der Waals surface area contributed by atoms with Crippen LogP contribution in [0.15, 0.2) is 17.5 Å². The molecular formula is C12H14N2O2S. The molecule has 0 spiro atoms. The minimum absolute atomic E-state index is 0.143. The molecule has 1 N–H and O–H groups in total. The molecule has 0 aliphatic rings. The second kappa shape index (κ2) is 4.71. The number of thiophene rings is 1. The van der Waals surface area contributed by atoms with Crippen LogP contribution in [-0.2, 0) is 18.3 Å². The van der Waals surface area contributed by atoms with Gasteiger partial charge in [-0.15, -0.1) is 11.3 Å². The maximum atomic E-state index is 10.6. The van der Waals surface area contributed by atoms with Gasteiger partial charge in [-0.05, 0) is 23.9 Å². The summed E-state index contributed by atoms with van der Waals surface area (Å²) in [6.07, 6.45) is 0.667. The van der Waals surface area contributed by atoms with Crippen molar-refractivity contribution in [3.8, 4) is 10.6 Å². The monoisotopic (exact) mass is 250 g/mol. The number of hydrogen-bond donors (Lipinski definition) is 1. The molecule has 0 saturated heterocycles. The molecule has 0 unspecified atom stereocenters. The summed E-state index contributed by atoms with van der Waals surface area (Å²) in [5.74, 6) is -0.775. The van der Waals surface area contributed by atoms with E-state index in [0.717, 1.165) is 21.8 Å². The van der Waals surface area contributed by atoms with Crippen LogP contribution < -0.4 is 0 Å². The van der Waals surface area contributed by atoms with Crippen molar-refractivity contribution in [3.05, 3.63) is 28.8 Å². The van der Waals surface area contributed by atoms with E-state index in [0.29, 0.717) is 6.42 Å². The zero-order valence-corrected chi connectivity index (χ0v) is 10.6. The van der Waals surface area contributed by atoms with Gasteiger partial charge in [0.25, 0.3) is 0 Å². The lowest BCUT2D eigenvalue weighted by molar-refractivity contribution is -0.136. The Balaban J connectivity index is 2.32. The van der Waals surface area contributed by atoms with E-state index >= 15 is 0 Å². The van der Waals surface area contributed by atoms with Crippen molar-refractivity contribution in [2.45, 2.75) is 19.8 Å². The van der Waals surface area contributed by atoms with Gasteiger partial charge in [-0.25, -0.2) is 0 Å². The predicted molar refractivity (Wildman–Crippen MR) is 67.2 cm³/mol. The van der Waals surface area contributed by atoms with Crippen molar-refractivity contribution in [3.63, 3.8) is 0 Å². The Morgan fingerprint density at radius 1 is 1.59 bits per heavy atom. The molecule has 2 aromatic heterocycles. The largest absolute Gasteiger partial charge is 0.481 e. The van der Waals surface area contributed by atoms with Crippen LogP contribution in [0.3, 0.4) is 0 Å². The molecule has 0 bridgehead atoms. The molecule has 0 amide bonds. The molecule has 0 aliphatic carbocycles. The smallest absolute Gasteiger partial charge is 0.303 e. The van der Waals surface area contributed by atoms with Crippen LogP contribution in [0, 0.1) is 6.92 Å². The van der Waals surface area contributed by atoms with E-state index < -0.39 is 5.97 Å². The molecule has 2 aromatic rings. The van der Waals surface area contributed by atoms with Gasteiger partial charge in [0.05, 0.1) is 11.3 Å². The van der Waals surface area contributed by atoms with Crippen molar-refractivity contribution >= 4 is 17.3 Å². The summed E-state index contributed by atoms with van der Waals surface area (Å²) in [6.45, 7) is 2.00. The molecule has 2 rings (SSSR count). The van der Waals surface area contributed by atoms with Crippen molar-refractivity contribution in [1.82, 2.24) is 9.78 Å². The molecule has 0 saturated carbocycles. The topological polar surface area (TPSA) is 55.1 Å². The number of carboxylic acids is 1. The van der Waals surface area contributed by atoms with Crippen molar-refractivity contribution < 1.29 is 9.90 Å². The van der Waals surface area contributed by atoms with E-state index in [4.69, 9.17) is 5.11 Å². The molecule has 0 radical (unpaired) electrons. The molecule has 0 aromatic carbocycles. The summed E-state index contributed by atoms with van der Waals surface area (Å²) in [6, 6.07) is 4.02. The lowest BCUT2D eigenvalue weighted by Gasteiger charge is -2.00. The lowest BCUT2D eigenvalue weighted by atomic mass is 10.1. The van der Waals surface area contributed by atoms with Gasteiger partial charge in [0, 0.05) is 19.2 Å². The first-order valence-electron chi connectivity index (χ1n) is 5.37. The van der Waals surface area contributed by atoms with E-state index in [9.17, 15) is 4.79 Å². The normalized spacial score (nSPS) is 10.7.